The van der Waals surface area contributed by atoms with E-state index >= 15 is 0 Å². The average molecular weight is 1910 g/mol. The summed E-state index contributed by atoms with van der Waals surface area (Å²) >= 11 is 1.83. The predicted molar refractivity (Wildman–Crippen MR) is 604 cm³/mol. The SMILES string of the molecule is c1ccc(-c2nc(-c3cccc4ccc5ccccc5c34)nc(-c3cccc4ccc5c6ccccc6sc5c34)n2)cc1.c1ccc(-c2nc(-c3ccccc3)nc(-c3ccc4c(ccc5c6ccccc6oc45)c3)n2)cc1.c1ccc(-c2nc(-c3ccccc3)nc(-c3ccc4ccc5c6ccccc6oc5c4c3)n2)cc1.c1ccc(-c2nc(-c3ccccc3)nc(-c3cccc4c3ccc3c5ccccc5oc43)n2)cc1. The number of hydrogen-bond donors (Lipinski definition) is 0. The molecular weight excluding hydrogens is 1830 g/mol. The van der Waals surface area contributed by atoms with E-state index in [0.717, 1.165) is 176 Å². The van der Waals surface area contributed by atoms with Crippen LogP contribution in [0.15, 0.2) is 499 Å². The first-order chi connectivity index (χ1) is 73.3. The van der Waals surface area contributed by atoms with E-state index in [1.807, 2.05) is 272 Å². The molecule has 0 unspecified atom stereocenters. The number of furan rings is 3. The molecule has 0 spiro atoms. The Hall–Kier alpha value is -19.9. The van der Waals surface area contributed by atoms with Crippen LogP contribution in [0.3, 0.4) is 0 Å². The van der Waals surface area contributed by atoms with Gasteiger partial charge in [-0.05, 0) is 98.4 Å². The highest BCUT2D eigenvalue weighted by molar-refractivity contribution is 7.26. The summed E-state index contributed by atoms with van der Waals surface area (Å²) in [7, 11) is 0. The zero-order valence-electron chi connectivity index (χ0n) is 79.2. The largest absolute Gasteiger partial charge is 0.455 e. The number of para-hydroxylation sites is 3. The molecule has 0 atom stereocenters. The fourth-order valence-corrected chi connectivity index (χ4v) is 21.4. The lowest BCUT2D eigenvalue weighted by molar-refractivity contribution is 0.672. The zero-order valence-corrected chi connectivity index (χ0v) is 80.0. The van der Waals surface area contributed by atoms with E-state index in [0.29, 0.717) is 69.9 Å². The van der Waals surface area contributed by atoms with Gasteiger partial charge in [0.15, 0.2) is 69.9 Å². The van der Waals surface area contributed by atoms with Crippen LogP contribution in [0.25, 0.3) is 287 Å². The van der Waals surface area contributed by atoms with Gasteiger partial charge in [-0.15, -0.1) is 11.3 Å². The topological polar surface area (TPSA) is 194 Å². The third-order valence-electron chi connectivity index (χ3n) is 27.3. The maximum absolute atomic E-state index is 6.29. The van der Waals surface area contributed by atoms with Crippen LogP contribution >= 0.6 is 11.3 Å². The number of nitrogens with zero attached hydrogens (tertiary/aromatic N) is 12. The maximum atomic E-state index is 6.29. The standard InChI is InChI=1S/C39H23N3S.3C31H19N3O/c1-2-11-27(12-3-1)37-40-38(31-17-8-13-25-21-20-24-10-4-5-15-28(24)34(25)31)42-39(41-37)32-18-9-14-26-22-23-30-29-16-6-7-19-33(29)43-36(30)35(26)32;1-3-10-20(11-4-1)29-32-30(21-12-5-2-6-13-21)34-31(33-29)26-16-9-15-24-22(26)18-19-25-23-14-7-8-17-27(23)35-28(24)25;1-3-9-20(10-4-1)29-32-30(21-11-5-2-6-12-21)34-31(33-29)23-16-17-24-22(19-23)15-18-26-25-13-7-8-14-27(25)35-28(24)26;1-3-9-21(10-4-1)29-32-30(22-11-5-2-6-12-22)34-31(33-29)23-16-15-20-17-18-25-24-13-7-8-14-27(24)35-28(25)26(20)19-23/h1-23H;3*1-19H. The van der Waals surface area contributed by atoms with Crippen molar-refractivity contribution in [2.24, 2.45) is 0 Å². The van der Waals surface area contributed by atoms with Gasteiger partial charge in [-0.1, -0.05) is 425 Å². The lowest BCUT2D eigenvalue weighted by Crippen LogP contribution is -2.01. The molecule has 0 bridgehead atoms. The van der Waals surface area contributed by atoms with Crippen LogP contribution in [0.5, 0.6) is 0 Å². The van der Waals surface area contributed by atoms with Crippen molar-refractivity contribution in [2.45, 2.75) is 0 Å². The Kier molecular flexibility index (Phi) is 22.1. The summed E-state index contributed by atoms with van der Waals surface area (Å²) in [4.78, 5) is 59.2. The second-order valence-corrected chi connectivity index (χ2v) is 37.4. The summed E-state index contributed by atoms with van der Waals surface area (Å²) in [6.45, 7) is 0. The van der Waals surface area contributed by atoms with E-state index in [4.69, 9.17) is 73.1 Å². The normalized spacial score (nSPS) is 11.5. The Morgan fingerprint density at radius 1 is 0.142 bits per heavy atom. The maximum Gasteiger partial charge on any atom is 0.164 e. The number of rotatable bonds is 12. The minimum atomic E-state index is 0.632. The van der Waals surface area contributed by atoms with Crippen molar-refractivity contribution in [1.29, 1.82) is 0 Å². The summed E-state index contributed by atoms with van der Waals surface area (Å²) in [5, 5.41) is 22.7. The lowest BCUT2D eigenvalue weighted by atomic mass is 9.97. The Bertz CT molecular complexity index is 10100. The minimum absolute atomic E-state index is 0.632. The van der Waals surface area contributed by atoms with Crippen molar-refractivity contribution in [3.63, 3.8) is 0 Å². The van der Waals surface area contributed by atoms with E-state index in [9.17, 15) is 0 Å². The molecule has 148 heavy (non-hydrogen) atoms. The summed E-state index contributed by atoms with van der Waals surface area (Å²) in [5.41, 5.74) is 16.8. The molecule has 692 valence electrons. The van der Waals surface area contributed by atoms with E-state index in [1.165, 1.54) is 41.7 Å². The Morgan fingerprint density at radius 3 is 0.892 bits per heavy atom. The molecule has 30 rings (SSSR count). The number of aromatic nitrogens is 12. The van der Waals surface area contributed by atoms with Crippen LogP contribution in [0.1, 0.15) is 0 Å². The van der Waals surface area contributed by atoms with Gasteiger partial charge in [-0.2, -0.15) is 0 Å². The van der Waals surface area contributed by atoms with Crippen molar-refractivity contribution in [3.05, 3.63) is 485 Å². The lowest BCUT2D eigenvalue weighted by Gasteiger charge is -2.13. The minimum Gasteiger partial charge on any atom is -0.455 e. The van der Waals surface area contributed by atoms with E-state index < -0.39 is 0 Å². The smallest absolute Gasteiger partial charge is 0.164 e. The van der Waals surface area contributed by atoms with Crippen molar-refractivity contribution in [1.82, 2.24) is 59.8 Å². The summed E-state index contributed by atoms with van der Waals surface area (Å²) < 4.78 is 21.3. The number of thiophene rings is 1. The van der Waals surface area contributed by atoms with Crippen LogP contribution in [0, 0.1) is 0 Å². The summed E-state index contributed by atoms with van der Waals surface area (Å²) in [6, 6.07) is 165. The monoisotopic (exact) mass is 1910 g/mol. The molecule has 8 heterocycles. The second kappa shape index (κ2) is 37.5. The predicted octanol–water partition coefficient (Wildman–Crippen LogP) is 34.5. The highest BCUT2D eigenvalue weighted by atomic mass is 32.1. The fourth-order valence-electron chi connectivity index (χ4n) is 20.1. The van der Waals surface area contributed by atoms with Crippen LogP contribution in [0.4, 0.5) is 0 Å². The van der Waals surface area contributed by atoms with Gasteiger partial charge in [-0.3, -0.25) is 0 Å². The zero-order chi connectivity index (χ0) is 97.9. The van der Waals surface area contributed by atoms with Crippen LogP contribution in [-0.2, 0) is 0 Å². The molecule has 0 amide bonds. The van der Waals surface area contributed by atoms with Gasteiger partial charge < -0.3 is 13.3 Å². The van der Waals surface area contributed by atoms with Gasteiger partial charge in [0.1, 0.15) is 33.5 Å². The quantitative estimate of drug-likeness (QED) is 0.105. The molecule has 30 aromatic rings. The molecule has 0 aliphatic carbocycles. The third kappa shape index (κ3) is 16.3. The molecule has 0 aliphatic heterocycles. The van der Waals surface area contributed by atoms with Crippen molar-refractivity contribution in [3.8, 4) is 137 Å². The molecule has 0 radical (unpaired) electrons. The molecule has 0 N–H and O–H groups in total. The van der Waals surface area contributed by atoms with Crippen molar-refractivity contribution in [2.75, 3.05) is 0 Å². The van der Waals surface area contributed by atoms with Gasteiger partial charge >= 0.3 is 0 Å². The fraction of sp³-hybridized carbons (Fsp3) is 0. The van der Waals surface area contributed by atoms with Gasteiger partial charge in [0, 0.05) is 146 Å². The van der Waals surface area contributed by atoms with Crippen molar-refractivity contribution >= 4 is 162 Å². The molecule has 0 aliphatic rings. The molecule has 0 fully saturated rings. The summed E-state index contributed by atoms with van der Waals surface area (Å²) in [5.74, 6) is 7.84. The molecule has 0 saturated heterocycles. The van der Waals surface area contributed by atoms with Crippen molar-refractivity contribution < 1.29 is 13.3 Å². The third-order valence-corrected chi connectivity index (χ3v) is 28.5. The molecule has 8 aromatic heterocycles. The first-order valence-corrected chi connectivity index (χ1v) is 49.8. The van der Waals surface area contributed by atoms with Gasteiger partial charge in [-0.25, -0.2) is 59.8 Å². The number of benzene rings is 22. The van der Waals surface area contributed by atoms with E-state index in [2.05, 4.69) is 224 Å². The van der Waals surface area contributed by atoms with Gasteiger partial charge in [0.25, 0.3) is 0 Å². The molecular formula is C132H80N12O3S. The molecule has 0 saturated carbocycles. The first kappa shape index (κ1) is 87.1. The Morgan fingerprint density at radius 2 is 0.412 bits per heavy atom. The second-order valence-electron chi connectivity index (χ2n) is 36.3. The highest BCUT2D eigenvalue weighted by Crippen LogP contribution is 2.46. The highest BCUT2D eigenvalue weighted by Gasteiger charge is 2.25. The van der Waals surface area contributed by atoms with Crippen LogP contribution in [0.2, 0.25) is 0 Å². The van der Waals surface area contributed by atoms with E-state index in [1.54, 1.807) is 0 Å². The average Bonchev–Trinajstić information content (AvgIpc) is 1.46. The molecule has 15 nitrogen and oxygen atoms in total. The molecule has 22 aromatic carbocycles. The van der Waals surface area contributed by atoms with Gasteiger partial charge in [0.2, 0.25) is 0 Å². The van der Waals surface area contributed by atoms with Gasteiger partial charge in [0.05, 0.1) is 0 Å². The van der Waals surface area contributed by atoms with E-state index in [-0.39, 0.29) is 0 Å². The molecule has 16 heteroatoms. The van der Waals surface area contributed by atoms with Crippen LogP contribution in [-0.4, -0.2) is 59.8 Å². The number of hydrogen-bond acceptors (Lipinski definition) is 16. The Labute approximate surface area is 851 Å². The first-order valence-electron chi connectivity index (χ1n) is 49.0. The number of fused-ring (bicyclic) bond motifs is 23. The Balaban J connectivity index is 0.0000000978. The van der Waals surface area contributed by atoms with Crippen LogP contribution < -0.4 is 0 Å². The summed E-state index contributed by atoms with van der Waals surface area (Å²) in [6.07, 6.45) is 0.